The number of allylic oxidation sites excluding steroid dienone is 2. The molecule has 3 heteroatoms. The summed E-state index contributed by atoms with van der Waals surface area (Å²) in [7, 11) is 1.91. The Kier molecular flexibility index (Phi) is 3.39. The minimum Gasteiger partial charge on any atom is -0.401 e. The van der Waals surface area contributed by atoms with Crippen LogP contribution in [-0.4, -0.2) is 12.7 Å². The first kappa shape index (κ1) is 10.3. The zero-order valence-corrected chi connectivity index (χ0v) is 8.08. The average molecular weight is 157 g/mol. The molecular formula is C8H19N3. The average Bonchev–Trinajstić information content (AvgIpc) is 1.87. The van der Waals surface area contributed by atoms with Crippen LogP contribution >= 0.6 is 0 Å². The summed E-state index contributed by atoms with van der Waals surface area (Å²) >= 11 is 0. The molecule has 0 spiro atoms. The highest BCUT2D eigenvalue weighted by Gasteiger charge is 2.13. The van der Waals surface area contributed by atoms with Crippen LogP contribution in [0.25, 0.3) is 0 Å². The van der Waals surface area contributed by atoms with Gasteiger partial charge >= 0.3 is 0 Å². The summed E-state index contributed by atoms with van der Waals surface area (Å²) in [4.78, 5) is 0. The zero-order chi connectivity index (χ0) is 9.07. The Balaban J connectivity index is 4.15. The SMILES string of the molecule is CNC(C)(C)N/C(C)=C(/C)N. The molecule has 0 amide bonds. The third-order valence-corrected chi connectivity index (χ3v) is 1.72. The molecule has 0 bridgehead atoms. The van der Waals surface area contributed by atoms with E-state index in [-0.39, 0.29) is 5.66 Å². The maximum Gasteiger partial charge on any atom is 0.0819 e. The molecule has 0 saturated heterocycles. The Hall–Kier alpha value is -0.700. The van der Waals surface area contributed by atoms with Gasteiger partial charge in [-0.05, 0) is 34.7 Å². The van der Waals surface area contributed by atoms with Gasteiger partial charge in [-0.1, -0.05) is 0 Å². The van der Waals surface area contributed by atoms with Crippen molar-refractivity contribution in [1.29, 1.82) is 0 Å². The van der Waals surface area contributed by atoms with Crippen molar-refractivity contribution in [3.8, 4) is 0 Å². The van der Waals surface area contributed by atoms with Crippen LogP contribution in [0, 0.1) is 0 Å². The van der Waals surface area contributed by atoms with Crippen LogP contribution in [0.1, 0.15) is 27.7 Å². The number of nitrogens with two attached hydrogens (primary N) is 1. The van der Waals surface area contributed by atoms with Crippen molar-refractivity contribution in [2.24, 2.45) is 5.73 Å². The number of nitrogens with one attached hydrogen (secondary N) is 2. The fourth-order valence-corrected chi connectivity index (χ4v) is 0.630. The maximum absolute atomic E-state index is 5.59. The summed E-state index contributed by atoms with van der Waals surface area (Å²) in [5.41, 5.74) is 7.34. The molecular weight excluding hydrogens is 138 g/mol. The Morgan fingerprint density at radius 2 is 1.73 bits per heavy atom. The molecule has 3 nitrogen and oxygen atoms in total. The smallest absolute Gasteiger partial charge is 0.0819 e. The van der Waals surface area contributed by atoms with E-state index in [9.17, 15) is 0 Å². The van der Waals surface area contributed by atoms with Gasteiger partial charge in [0.2, 0.25) is 0 Å². The zero-order valence-electron chi connectivity index (χ0n) is 8.08. The molecule has 11 heavy (non-hydrogen) atoms. The van der Waals surface area contributed by atoms with Crippen LogP contribution in [0.15, 0.2) is 11.4 Å². The monoisotopic (exact) mass is 157 g/mol. The predicted octanol–water partition coefficient (Wildman–Crippen LogP) is 0.742. The second-order valence-electron chi connectivity index (χ2n) is 3.31. The van der Waals surface area contributed by atoms with Gasteiger partial charge in [-0.25, -0.2) is 0 Å². The van der Waals surface area contributed by atoms with Gasteiger partial charge in [0.05, 0.1) is 5.66 Å². The van der Waals surface area contributed by atoms with E-state index >= 15 is 0 Å². The summed E-state index contributed by atoms with van der Waals surface area (Å²) in [6.07, 6.45) is 0. The lowest BCUT2D eigenvalue weighted by Crippen LogP contribution is -2.49. The third kappa shape index (κ3) is 3.88. The lowest BCUT2D eigenvalue weighted by Gasteiger charge is -2.27. The highest BCUT2D eigenvalue weighted by atomic mass is 15.2. The Labute approximate surface area is 69.0 Å². The molecule has 0 aromatic rings. The van der Waals surface area contributed by atoms with Crippen molar-refractivity contribution in [2.75, 3.05) is 7.05 Å². The Morgan fingerprint density at radius 3 is 2.00 bits per heavy atom. The van der Waals surface area contributed by atoms with Crippen molar-refractivity contribution in [3.63, 3.8) is 0 Å². The van der Waals surface area contributed by atoms with Gasteiger partial charge in [-0.15, -0.1) is 0 Å². The van der Waals surface area contributed by atoms with Crippen LogP contribution < -0.4 is 16.4 Å². The number of hydrogen-bond donors (Lipinski definition) is 3. The van der Waals surface area contributed by atoms with Crippen molar-refractivity contribution >= 4 is 0 Å². The van der Waals surface area contributed by atoms with E-state index in [1.807, 2.05) is 20.9 Å². The first-order valence-electron chi connectivity index (χ1n) is 3.79. The van der Waals surface area contributed by atoms with Gasteiger partial charge in [0.25, 0.3) is 0 Å². The summed E-state index contributed by atoms with van der Waals surface area (Å²) in [5, 5.41) is 6.38. The minimum atomic E-state index is -0.0925. The molecule has 0 saturated carbocycles. The maximum atomic E-state index is 5.59. The van der Waals surface area contributed by atoms with Crippen molar-refractivity contribution in [3.05, 3.63) is 11.4 Å². The summed E-state index contributed by atoms with van der Waals surface area (Å²) in [6, 6.07) is 0. The van der Waals surface area contributed by atoms with Crippen molar-refractivity contribution in [2.45, 2.75) is 33.4 Å². The van der Waals surface area contributed by atoms with Gasteiger partial charge in [0, 0.05) is 11.4 Å². The van der Waals surface area contributed by atoms with Gasteiger partial charge in [-0.3, -0.25) is 5.32 Å². The summed E-state index contributed by atoms with van der Waals surface area (Å²) in [6.45, 7) is 7.96. The highest BCUT2D eigenvalue weighted by Crippen LogP contribution is 2.01. The molecule has 0 unspecified atom stereocenters. The molecule has 0 aliphatic heterocycles. The van der Waals surface area contributed by atoms with E-state index in [2.05, 4.69) is 24.5 Å². The first-order valence-corrected chi connectivity index (χ1v) is 3.79. The normalized spacial score (nSPS) is 14.3. The van der Waals surface area contributed by atoms with E-state index in [1.54, 1.807) is 0 Å². The molecule has 0 aromatic carbocycles. The van der Waals surface area contributed by atoms with E-state index < -0.39 is 0 Å². The fourth-order valence-electron chi connectivity index (χ4n) is 0.630. The van der Waals surface area contributed by atoms with Crippen LogP contribution in [0.2, 0.25) is 0 Å². The van der Waals surface area contributed by atoms with Crippen molar-refractivity contribution in [1.82, 2.24) is 10.6 Å². The second kappa shape index (κ2) is 3.62. The molecule has 0 heterocycles. The molecule has 0 aliphatic rings. The molecule has 0 radical (unpaired) electrons. The van der Waals surface area contributed by atoms with E-state index in [0.717, 1.165) is 11.4 Å². The van der Waals surface area contributed by atoms with Gasteiger partial charge < -0.3 is 11.1 Å². The van der Waals surface area contributed by atoms with Crippen LogP contribution in [-0.2, 0) is 0 Å². The van der Waals surface area contributed by atoms with Crippen LogP contribution in [0.4, 0.5) is 0 Å². The lowest BCUT2D eigenvalue weighted by molar-refractivity contribution is 0.365. The largest absolute Gasteiger partial charge is 0.401 e. The molecule has 0 atom stereocenters. The number of rotatable bonds is 3. The van der Waals surface area contributed by atoms with Gasteiger partial charge in [0.15, 0.2) is 0 Å². The Morgan fingerprint density at radius 1 is 1.27 bits per heavy atom. The summed E-state index contributed by atoms with van der Waals surface area (Å²) < 4.78 is 0. The molecule has 0 rings (SSSR count). The van der Waals surface area contributed by atoms with Crippen LogP contribution in [0.5, 0.6) is 0 Å². The molecule has 4 N–H and O–H groups in total. The predicted molar refractivity (Wildman–Crippen MR) is 48.8 cm³/mol. The molecule has 66 valence electrons. The standard InChI is InChI=1S/C8H19N3/c1-6(9)7(2)11-8(3,4)10-5/h10-11H,9H2,1-5H3/b7-6-. The number of hydrogen-bond acceptors (Lipinski definition) is 3. The minimum absolute atomic E-state index is 0.0925. The third-order valence-electron chi connectivity index (χ3n) is 1.72. The van der Waals surface area contributed by atoms with E-state index in [4.69, 9.17) is 5.73 Å². The van der Waals surface area contributed by atoms with Gasteiger partial charge in [0.1, 0.15) is 0 Å². The topological polar surface area (TPSA) is 50.1 Å². The quantitative estimate of drug-likeness (QED) is 0.530. The van der Waals surface area contributed by atoms with Crippen LogP contribution in [0.3, 0.4) is 0 Å². The molecule has 0 fully saturated rings. The van der Waals surface area contributed by atoms with Gasteiger partial charge in [-0.2, -0.15) is 0 Å². The van der Waals surface area contributed by atoms with E-state index in [1.165, 1.54) is 0 Å². The lowest BCUT2D eigenvalue weighted by atomic mass is 10.2. The van der Waals surface area contributed by atoms with Crippen molar-refractivity contribution < 1.29 is 0 Å². The van der Waals surface area contributed by atoms with E-state index in [0.29, 0.717) is 0 Å². The fraction of sp³-hybridized carbons (Fsp3) is 0.750. The highest BCUT2D eigenvalue weighted by molar-refractivity contribution is 5.05. The summed E-state index contributed by atoms with van der Waals surface area (Å²) in [5.74, 6) is 0. The Bertz CT molecular complexity index is 155. The molecule has 0 aromatic heterocycles. The molecule has 0 aliphatic carbocycles. The second-order valence-corrected chi connectivity index (χ2v) is 3.31. The first-order chi connectivity index (χ1) is 4.89.